The van der Waals surface area contributed by atoms with Gasteiger partial charge >= 0.3 is 0 Å². The van der Waals surface area contributed by atoms with E-state index in [9.17, 15) is 0 Å². The molecule has 2 nitrogen and oxygen atoms in total. The summed E-state index contributed by atoms with van der Waals surface area (Å²) < 4.78 is 6.37. The minimum atomic E-state index is 0.403. The van der Waals surface area contributed by atoms with Gasteiger partial charge in [-0.2, -0.15) is 0 Å². The Bertz CT molecular complexity index is 1020. The van der Waals surface area contributed by atoms with Crippen molar-refractivity contribution in [3.63, 3.8) is 0 Å². The predicted octanol–water partition coefficient (Wildman–Crippen LogP) is 11.2. The molecule has 1 heterocycles. The zero-order chi connectivity index (χ0) is 28.7. The topological polar surface area (TPSA) is 12.5 Å². The number of allylic oxidation sites excluding steroid dienone is 6. The van der Waals surface area contributed by atoms with E-state index in [4.69, 9.17) is 4.74 Å². The van der Waals surface area contributed by atoms with Crippen molar-refractivity contribution >= 4 is 11.8 Å². The van der Waals surface area contributed by atoms with Gasteiger partial charge in [-0.1, -0.05) is 80.9 Å². The number of hydrogen-bond donors (Lipinski definition) is 0. The van der Waals surface area contributed by atoms with E-state index in [2.05, 4.69) is 131 Å². The molecule has 1 aliphatic heterocycles. The van der Waals surface area contributed by atoms with Gasteiger partial charge in [-0.15, -0.1) is 0 Å². The molecule has 212 valence electrons. The van der Waals surface area contributed by atoms with Crippen LogP contribution in [0.4, 0.5) is 5.69 Å². The second kappa shape index (κ2) is 14.2. The van der Waals surface area contributed by atoms with Gasteiger partial charge in [-0.25, -0.2) is 0 Å². The van der Waals surface area contributed by atoms with Gasteiger partial charge in [0.25, 0.3) is 0 Å². The molecule has 0 fully saturated rings. The quantitative estimate of drug-likeness (QED) is 0.272. The van der Waals surface area contributed by atoms with Crippen LogP contribution in [0.3, 0.4) is 0 Å². The van der Waals surface area contributed by atoms with Crippen LogP contribution >= 0.6 is 0 Å². The molecule has 0 saturated heterocycles. The summed E-state index contributed by atoms with van der Waals surface area (Å²) in [4.78, 5) is 2.78. The lowest BCUT2D eigenvalue weighted by Gasteiger charge is -2.43. The zero-order valence-corrected chi connectivity index (χ0v) is 26.9. The number of nitrogens with zero attached hydrogens (tertiary/aromatic N) is 1. The zero-order valence-electron chi connectivity index (χ0n) is 26.9. The first-order chi connectivity index (χ1) is 17.9. The maximum Gasteiger partial charge on any atom is 0.127 e. The highest BCUT2D eigenvalue weighted by molar-refractivity contribution is 5.69. The first-order valence-corrected chi connectivity index (χ1v) is 15.3. The Hall–Kier alpha value is -2.22. The Balaban J connectivity index is 2.67. The Morgan fingerprint density at radius 3 is 1.79 bits per heavy atom. The summed E-state index contributed by atoms with van der Waals surface area (Å²) in [6, 6.07) is 5.88. The highest BCUT2D eigenvalue weighted by Gasteiger charge is 2.30. The number of ether oxygens (including phenoxy) is 1. The van der Waals surface area contributed by atoms with Crippen LogP contribution in [0.25, 0.3) is 6.08 Å². The molecule has 1 aromatic carbocycles. The van der Waals surface area contributed by atoms with Gasteiger partial charge in [-0.05, 0) is 110 Å². The van der Waals surface area contributed by atoms with Gasteiger partial charge in [0, 0.05) is 23.7 Å². The van der Waals surface area contributed by atoms with Crippen LogP contribution in [-0.2, 0) is 4.74 Å². The third-order valence-corrected chi connectivity index (χ3v) is 8.25. The van der Waals surface area contributed by atoms with E-state index in [1.807, 2.05) is 0 Å². The SMILES string of the molecule is CCC(C)C1=CC(=C(C)C)C=C(/C=C/c2cc(C(C)C)c(N(C(C)CC)C(CC)C(C)C)c(C(C)C)c2)O1. The number of rotatable bonds is 12. The number of hydrogen-bond acceptors (Lipinski definition) is 2. The molecule has 1 aromatic rings. The van der Waals surface area contributed by atoms with Crippen molar-refractivity contribution in [1.29, 1.82) is 0 Å². The number of benzene rings is 1. The van der Waals surface area contributed by atoms with Crippen LogP contribution in [0, 0.1) is 11.8 Å². The van der Waals surface area contributed by atoms with E-state index in [0.717, 1.165) is 30.8 Å². The monoisotopic (exact) mass is 519 g/mol. The van der Waals surface area contributed by atoms with Crippen molar-refractivity contribution < 1.29 is 4.74 Å². The fourth-order valence-corrected chi connectivity index (χ4v) is 5.41. The van der Waals surface area contributed by atoms with Crippen molar-refractivity contribution in [3.05, 3.63) is 69.7 Å². The van der Waals surface area contributed by atoms with Crippen molar-refractivity contribution in [2.24, 2.45) is 11.8 Å². The molecule has 0 spiro atoms. The van der Waals surface area contributed by atoms with E-state index >= 15 is 0 Å². The van der Waals surface area contributed by atoms with Crippen LogP contribution in [0.15, 0.2) is 53.0 Å². The molecular formula is C36H57NO. The average molecular weight is 520 g/mol. The highest BCUT2D eigenvalue weighted by atomic mass is 16.5. The smallest absolute Gasteiger partial charge is 0.127 e. The van der Waals surface area contributed by atoms with Gasteiger partial charge < -0.3 is 9.64 Å². The maximum atomic E-state index is 6.37. The van der Waals surface area contributed by atoms with Crippen LogP contribution in [-0.4, -0.2) is 12.1 Å². The largest absolute Gasteiger partial charge is 0.461 e. The summed E-state index contributed by atoms with van der Waals surface area (Å²) in [6.07, 6.45) is 12.2. The Kier molecular flexibility index (Phi) is 12.0. The Labute approximate surface area is 235 Å². The highest BCUT2D eigenvalue weighted by Crippen LogP contribution is 2.41. The van der Waals surface area contributed by atoms with Crippen molar-refractivity contribution in [1.82, 2.24) is 0 Å². The maximum absolute atomic E-state index is 6.37. The minimum absolute atomic E-state index is 0.403. The first kappa shape index (κ1) is 32.0. The molecule has 2 rings (SSSR count). The fourth-order valence-electron chi connectivity index (χ4n) is 5.41. The molecular weight excluding hydrogens is 462 g/mol. The minimum Gasteiger partial charge on any atom is -0.461 e. The summed E-state index contributed by atoms with van der Waals surface area (Å²) in [6.45, 7) is 30.0. The van der Waals surface area contributed by atoms with E-state index in [-0.39, 0.29) is 0 Å². The molecule has 3 unspecified atom stereocenters. The average Bonchev–Trinajstić information content (AvgIpc) is 2.88. The van der Waals surface area contributed by atoms with E-state index < -0.39 is 0 Å². The molecule has 0 aromatic heterocycles. The lowest BCUT2D eigenvalue weighted by Crippen LogP contribution is -2.45. The molecule has 0 amide bonds. The molecule has 0 radical (unpaired) electrons. The third kappa shape index (κ3) is 7.67. The predicted molar refractivity (Wildman–Crippen MR) is 170 cm³/mol. The standard InChI is InChI=1S/C36H57NO/c1-14-27(12)35-22-30(23(4)5)21-31(38-35)18-17-29-19-32(24(6)7)36(33(20-29)25(8)9)37(28(13)15-2)34(16-3)26(10)11/h17-22,24-28,34H,14-16H2,1-13H3/b18-17+. The summed E-state index contributed by atoms with van der Waals surface area (Å²) >= 11 is 0. The van der Waals surface area contributed by atoms with E-state index in [0.29, 0.717) is 35.8 Å². The lowest BCUT2D eigenvalue weighted by atomic mass is 9.86. The molecule has 0 aliphatic carbocycles. The normalized spacial score (nSPS) is 16.6. The summed E-state index contributed by atoms with van der Waals surface area (Å²) in [7, 11) is 0. The summed E-state index contributed by atoms with van der Waals surface area (Å²) in [5, 5.41) is 0. The molecule has 38 heavy (non-hydrogen) atoms. The molecule has 0 N–H and O–H groups in total. The fraction of sp³-hybridized carbons (Fsp3) is 0.611. The lowest BCUT2D eigenvalue weighted by molar-refractivity contribution is 0.265. The van der Waals surface area contributed by atoms with Gasteiger partial charge in [-0.3, -0.25) is 0 Å². The summed E-state index contributed by atoms with van der Waals surface area (Å²) in [5.41, 5.74) is 8.22. The first-order valence-electron chi connectivity index (χ1n) is 15.3. The van der Waals surface area contributed by atoms with Crippen molar-refractivity contribution in [3.8, 4) is 0 Å². The van der Waals surface area contributed by atoms with Gasteiger partial charge in [0.15, 0.2) is 0 Å². The van der Waals surface area contributed by atoms with E-state index in [1.54, 1.807) is 0 Å². The molecule has 0 saturated carbocycles. The molecule has 0 bridgehead atoms. The van der Waals surface area contributed by atoms with Gasteiger partial charge in [0.05, 0.1) is 0 Å². The van der Waals surface area contributed by atoms with Crippen LogP contribution < -0.4 is 4.90 Å². The van der Waals surface area contributed by atoms with E-state index in [1.165, 1.54) is 33.5 Å². The van der Waals surface area contributed by atoms with Gasteiger partial charge in [0.2, 0.25) is 0 Å². The second-order valence-corrected chi connectivity index (χ2v) is 12.5. The van der Waals surface area contributed by atoms with Crippen LogP contribution in [0.5, 0.6) is 0 Å². The molecule has 3 atom stereocenters. The van der Waals surface area contributed by atoms with Crippen LogP contribution in [0.1, 0.15) is 138 Å². The summed E-state index contributed by atoms with van der Waals surface area (Å²) in [5.74, 6) is 3.87. The Morgan fingerprint density at radius 2 is 1.37 bits per heavy atom. The van der Waals surface area contributed by atoms with Gasteiger partial charge in [0.1, 0.15) is 11.5 Å². The third-order valence-electron chi connectivity index (χ3n) is 8.25. The Morgan fingerprint density at radius 1 is 0.789 bits per heavy atom. The number of anilines is 1. The van der Waals surface area contributed by atoms with Crippen molar-refractivity contribution in [2.45, 2.75) is 133 Å². The molecule has 2 heteroatoms. The van der Waals surface area contributed by atoms with Crippen molar-refractivity contribution in [2.75, 3.05) is 4.90 Å². The second-order valence-electron chi connectivity index (χ2n) is 12.5. The van der Waals surface area contributed by atoms with Crippen LogP contribution in [0.2, 0.25) is 0 Å². The molecule has 1 aliphatic rings.